The van der Waals surface area contributed by atoms with E-state index in [1.807, 2.05) is 19.0 Å². The molecular weight excluding hydrogens is 324 g/mol. The van der Waals surface area contributed by atoms with Crippen molar-refractivity contribution >= 4 is 21.8 Å². The van der Waals surface area contributed by atoms with Crippen molar-refractivity contribution in [2.24, 2.45) is 0 Å². The van der Waals surface area contributed by atoms with Gasteiger partial charge in [0.05, 0.1) is 18.3 Å². The smallest absolute Gasteiger partial charge is 0.255 e. The molecule has 1 aromatic carbocycles. The molecule has 0 aliphatic heterocycles. The molecule has 1 amide bonds. The maximum Gasteiger partial charge on any atom is 0.255 e. The number of benzene rings is 1. The van der Waals surface area contributed by atoms with Crippen LogP contribution in [0.2, 0.25) is 0 Å². The van der Waals surface area contributed by atoms with E-state index in [-0.39, 0.29) is 12.5 Å². The molecule has 5 nitrogen and oxygen atoms in total. The van der Waals surface area contributed by atoms with Gasteiger partial charge in [0.25, 0.3) is 5.91 Å². The predicted molar refractivity (Wildman–Crippen MR) is 82.2 cm³/mol. The SMILES string of the molecule is COc1cc(Br)ccc1C(=O)NCC(C)(O)CN(C)C. The third-order valence-electron chi connectivity index (χ3n) is 2.69. The number of likely N-dealkylation sites (N-methyl/N-ethyl adjacent to an activating group) is 1. The Morgan fingerprint density at radius 3 is 2.70 bits per heavy atom. The standard InChI is InChI=1S/C14H21BrN2O3/c1-14(19,9-17(2)3)8-16-13(18)11-6-5-10(15)7-12(11)20-4/h5-7,19H,8-9H2,1-4H3,(H,16,18). The highest BCUT2D eigenvalue weighted by Gasteiger charge is 2.23. The number of carbonyl (C=O) groups is 1. The maximum absolute atomic E-state index is 12.1. The van der Waals surface area contributed by atoms with E-state index in [0.29, 0.717) is 17.9 Å². The number of ether oxygens (including phenoxy) is 1. The summed E-state index contributed by atoms with van der Waals surface area (Å²) in [5, 5.41) is 12.9. The molecule has 0 bridgehead atoms. The third-order valence-corrected chi connectivity index (χ3v) is 3.19. The topological polar surface area (TPSA) is 61.8 Å². The number of halogens is 1. The van der Waals surface area contributed by atoms with Crippen LogP contribution in [0.15, 0.2) is 22.7 Å². The van der Waals surface area contributed by atoms with Crippen LogP contribution in [0.3, 0.4) is 0 Å². The van der Waals surface area contributed by atoms with Gasteiger partial charge < -0.3 is 20.1 Å². The lowest BCUT2D eigenvalue weighted by atomic mass is 10.1. The normalized spacial score (nSPS) is 13.9. The molecule has 1 rings (SSSR count). The fourth-order valence-corrected chi connectivity index (χ4v) is 2.30. The molecule has 2 N–H and O–H groups in total. The first-order valence-corrected chi connectivity index (χ1v) is 7.03. The lowest BCUT2D eigenvalue weighted by Gasteiger charge is -2.27. The first-order chi connectivity index (χ1) is 9.25. The fourth-order valence-electron chi connectivity index (χ4n) is 1.96. The van der Waals surface area contributed by atoms with Crippen LogP contribution in [-0.2, 0) is 0 Å². The van der Waals surface area contributed by atoms with Crippen LogP contribution in [0.5, 0.6) is 5.75 Å². The number of hydrogen-bond donors (Lipinski definition) is 2. The second-order valence-electron chi connectivity index (χ2n) is 5.26. The quantitative estimate of drug-likeness (QED) is 0.820. The van der Waals surface area contributed by atoms with Gasteiger partial charge in [-0.25, -0.2) is 0 Å². The Bertz CT molecular complexity index is 475. The third kappa shape index (κ3) is 5.11. The summed E-state index contributed by atoms with van der Waals surface area (Å²) < 4.78 is 6.02. The zero-order valence-electron chi connectivity index (χ0n) is 12.2. The lowest BCUT2D eigenvalue weighted by molar-refractivity contribution is 0.0325. The number of rotatable bonds is 6. The average Bonchev–Trinajstić information content (AvgIpc) is 2.34. The highest BCUT2D eigenvalue weighted by Crippen LogP contribution is 2.23. The first-order valence-electron chi connectivity index (χ1n) is 6.24. The molecule has 1 aromatic rings. The van der Waals surface area contributed by atoms with Gasteiger partial charge in [-0.05, 0) is 39.2 Å². The van der Waals surface area contributed by atoms with E-state index in [1.165, 1.54) is 7.11 Å². The molecule has 6 heteroatoms. The van der Waals surface area contributed by atoms with Crippen LogP contribution >= 0.6 is 15.9 Å². The Morgan fingerprint density at radius 1 is 1.50 bits per heavy atom. The summed E-state index contributed by atoms with van der Waals surface area (Å²) in [6, 6.07) is 5.18. The van der Waals surface area contributed by atoms with Gasteiger partial charge in [-0.15, -0.1) is 0 Å². The molecule has 0 heterocycles. The molecule has 0 aromatic heterocycles. The van der Waals surface area contributed by atoms with E-state index in [9.17, 15) is 9.90 Å². The van der Waals surface area contributed by atoms with Crippen LogP contribution in [0.1, 0.15) is 17.3 Å². The van der Waals surface area contributed by atoms with Gasteiger partial charge in [0, 0.05) is 17.6 Å². The molecule has 1 unspecified atom stereocenters. The number of carbonyl (C=O) groups excluding carboxylic acids is 1. The zero-order chi connectivity index (χ0) is 15.3. The summed E-state index contributed by atoms with van der Waals surface area (Å²) in [5.41, 5.74) is -0.543. The van der Waals surface area contributed by atoms with E-state index < -0.39 is 5.60 Å². The van der Waals surface area contributed by atoms with Crippen molar-refractivity contribution in [1.82, 2.24) is 10.2 Å². The van der Waals surface area contributed by atoms with Crippen LogP contribution < -0.4 is 10.1 Å². The largest absolute Gasteiger partial charge is 0.496 e. The summed E-state index contributed by atoms with van der Waals surface area (Å²) in [5.74, 6) is 0.220. The minimum Gasteiger partial charge on any atom is -0.496 e. The van der Waals surface area contributed by atoms with E-state index in [0.717, 1.165) is 4.47 Å². The van der Waals surface area contributed by atoms with Gasteiger partial charge in [0.2, 0.25) is 0 Å². The molecule has 0 saturated carbocycles. The van der Waals surface area contributed by atoms with Gasteiger partial charge in [0.15, 0.2) is 0 Å². The summed E-state index contributed by atoms with van der Waals surface area (Å²) in [6.07, 6.45) is 0. The van der Waals surface area contributed by atoms with Crippen molar-refractivity contribution in [3.63, 3.8) is 0 Å². The van der Waals surface area contributed by atoms with Crippen molar-refractivity contribution < 1.29 is 14.6 Å². The van der Waals surface area contributed by atoms with E-state index in [2.05, 4.69) is 21.2 Å². The summed E-state index contributed by atoms with van der Waals surface area (Å²) in [7, 11) is 5.25. The molecule has 20 heavy (non-hydrogen) atoms. The Hall–Kier alpha value is -1.11. The monoisotopic (exact) mass is 344 g/mol. The van der Waals surface area contributed by atoms with Crippen molar-refractivity contribution in [2.75, 3.05) is 34.3 Å². The van der Waals surface area contributed by atoms with Gasteiger partial charge in [-0.3, -0.25) is 4.79 Å². The highest BCUT2D eigenvalue weighted by atomic mass is 79.9. The zero-order valence-corrected chi connectivity index (χ0v) is 13.8. The Morgan fingerprint density at radius 2 is 2.15 bits per heavy atom. The van der Waals surface area contributed by atoms with Crippen molar-refractivity contribution in [1.29, 1.82) is 0 Å². The fraction of sp³-hybridized carbons (Fsp3) is 0.500. The van der Waals surface area contributed by atoms with Crippen LogP contribution in [0.25, 0.3) is 0 Å². The molecule has 0 fully saturated rings. The minimum atomic E-state index is -0.984. The molecule has 0 aliphatic rings. The van der Waals surface area contributed by atoms with Gasteiger partial charge in [-0.1, -0.05) is 15.9 Å². The Kier molecular flexibility index (Phi) is 5.98. The Labute approximate surface area is 128 Å². The van der Waals surface area contributed by atoms with Crippen molar-refractivity contribution in [3.8, 4) is 5.75 Å². The summed E-state index contributed by atoms with van der Waals surface area (Å²) in [4.78, 5) is 14.0. The molecule has 112 valence electrons. The lowest BCUT2D eigenvalue weighted by Crippen LogP contribution is -2.47. The molecule has 0 aliphatic carbocycles. The number of amides is 1. The number of nitrogens with one attached hydrogen (secondary N) is 1. The number of methoxy groups -OCH3 is 1. The summed E-state index contributed by atoms with van der Waals surface area (Å²) >= 11 is 3.33. The first kappa shape index (κ1) is 16.9. The molecule has 0 spiro atoms. The van der Waals surface area contributed by atoms with E-state index >= 15 is 0 Å². The van der Waals surface area contributed by atoms with Crippen LogP contribution in [0.4, 0.5) is 0 Å². The van der Waals surface area contributed by atoms with Crippen LogP contribution in [-0.4, -0.2) is 55.8 Å². The highest BCUT2D eigenvalue weighted by molar-refractivity contribution is 9.10. The van der Waals surface area contributed by atoms with Crippen molar-refractivity contribution in [2.45, 2.75) is 12.5 Å². The van der Waals surface area contributed by atoms with E-state index in [1.54, 1.807) is 25.1 Å². The maximum atomic E-state index is 12.1. The number of aliphatic hydroxyl groups is 1. The number of hydrogen-bond acceptors (Lipinski definition) is 4. The average molecular weight is 345 g/mol. The Balaban J connectivity index is 2.72. The number of nitrogens with zero attached hydrogens (tertiary/aromatic N) is 1. The van der Waals surface area contributed by atoms with Crippen molar-refractivity contribution in [3.05, 3.63) is 28.2 Å². The predicted octanol–water partition coefficient (Wildman–Crippen LogP) is 1.50. The van der Waals surface area contributed by atoms with Crippen LogP contribution in [0, 0.1) is 0 Å². The van der Waals surface area contributed by atoms with Gasteiger partial charge >= 0.3 is 0 Å². The molecular formula is C14H21BrN2O3. The van der Waals surface area contributed by atoms with Gasteiger partial charge in [-0.2, -0.15) is 0 Å². The summed E-state index contributed by atoms with van der Waals surface area (Å²) in [6.45, 7) is 2.32. The van der Waals surface area contributed by atoms with E-state index in [4.69, 9.17) is 4.74 Å². The second kappa shape index (κ2) is 7.06. The molecule has 0 saturated heterocycles. The molecule has 1 atom stereocenters. The minimum absolute atomic E-state index is 0.170. The molecule has 0 radical (unpaired) electrons. The second-order valence-corrected chi connectivity index (χ2v) is 6.18. The van der Waals surface area contributed by atoms with Gasteiger partial charge in [0.1, 0.15) is 5.75 Å².